The van der Waals surface area contributed by atoms with Crippen LogP contribution in [0.4, 0.5) is 0 Å². The summed E-state index contributed by atoms with van der Waals surface area (Å²) in [5.41, 5.74) is 2.11. The van der Waals surface area contributed by atoms with Gasteiger partial charge < -0.3 is 4.74 Å². The van der Waals surface area contributed by atoms with Gasteiger partial charge in [-0.1, -0.05) is 56.7 Å². The first-order chi connectivity index (χ1) is 14.7. The van der Waals surface area contributed by atoms with E-state index in [0.29, 0.717) is 6.42 Å². The summed E-state index contributed by atoms with van der Waals surface area (Å²) in [7, 11) is 0. The summed E-state index contributed by atoms with van der Waals surface area (Å²) in [6.07, 6.45) is 17.3. The quantitative estimate of drug-likeness (QED) is 0.336. The molecule has 0 heterocycles. The van der Waals surface area contributed by atoms with Gasteiger partial charge in [0.2, 0.25) is 0 Å². The van der Waals surface area contributed by atoms with Crippen LogP contribution in [-0.2, 0) is 16.0 Å². The summed E-state index contributed by atoms with van der Waals surface area (Å²) in [4.78, 5) is 11.6. The fraction of sp³-hybridized carbons (Fsp3) is 0.630. The van der Waals surface area contributed by atoms with Crippen LogP contribution in [0.2, 0.25) is 0 Å². The van der Waals surface area contributed by atoms with Gasteiger partial charge in [0.1, 0.15) is 6.10 Å². The fourth-order valence-electron chi connectivity index (χ4n) is 5.29. The smallest absolute Gasteiger partial charge is 0.309 e. The van der Waals surface area contributed by atoms with Gasteiger partial charge >= 0.3 is 5.97 Å². The summed E-state index contributed by atoms with van der Waals surface area (Å²) in [5.74, 6) is 2.50. The number of aryl methyl sites for hydroxylation is 1. The maximum atomic E-state index is 11.6. The van der Waals surface area contributed by atoms with E-state index in [1.54, 1.807) is 6.08 Å². The molecule has 1 aromatic rings. The Balaban J connectivity index is 1.27. The molecule has 3 rings (SSSR count). The van der Waals surface area contributed by atoms with E-state index in [0.717, 1.165) is 42.6 Å². The van der Waals surface area contributed by atoms with E-state index in [9.17, 15) is 4.79 Å². The summed E-state index contributed by atoms with van der Waals surface area (Å²) in [6.45, 7) is 3.60. The lowest BCUT2D eigenvalue weighted by Gasteiger charge is -2.32. The molecule has 162 valence electrons. The molecule has 30 heavy (non-hydrogen) atoms. The van der Waals surface area contributed by atoms with Crippen molar-refractivity contribution in [1.29, 1.82) is 5.26 Å². The molecule has 2 saturated carbocycles. The third-order valence-corrected chi connectivity index (χ3v) is 7.28. The molecule has 0 amide bonds. The molecule has 0 saturated heterocycles. The van der Waals surface area contributed by atoms with E-state index in [1.807, 2.05) is 12.1 Å². The zero-order valence-corrected chi connectivity index (χ0v) is 18.4. The number of esters is 1. The van der Waals surface area contributed by atoms with Crippen LogP contribution in [0.1, 0.15) is 88.2 Å². The molecule has 1 aromatic carbocycles. The highest BCUT2D eigenvalue weighted by Gasteiger charge is 2.26. The Kier molecular flexibility index (Phi) is 9.00. The monoisotopic (exact) mass is 407 g/mol. The van der Waals surface area contributed by atoms with E-state index >= 15 is 0 Å². The van der Waals surface area contributed by atoms with Gasteiger partial charge in [0, 0.05) is 0 Å². The Morgan fingerprint density at radius 3 is 2.00 bits per heavy atom. The highest BCUT2D eigenvalue weighted by molar-refractivity contribution is 5.71. The molecule has 0 aromatic heterocycles. The van der Waals surface area contributed by atoms with Gasteiger partial charge in [0.25, 0.3) is 0 Å². The third-order valence-electron chi connectivity index (χ3n) is 7.28. The molecule has 2 aliphatic carbocycles. The van der Waals surface area contributed by atoms with Gasteiger partial charge in [-0.05, 0) is 74.0 Å². The second-order valence-electron chi connectivity index (χ2n) is 9.44. The number of ether oxygens (including phenoxy) is 1. The molecular weight excluding hydrogens is 370 g/mol. The molecule has 3 heteroatoms. The Hall–Kier alpha value is -2.08. The minimum Gasteiger partial charge on any atom is -0.462 e. The van der Waals surface area contributed by atoms with E-state index < -0.39 is 0 Å². The predicted molar refractivity (Wildman–Crippen MR) is 121 cm³/mol. The molecule has 0 atom stereocenters. The lowest BCUT2D eigenvalue weighted by atomic mass is 9.75. The van der Waals surface area contributed by atoms with Crippen LogP contribution in [0, 0.1) is 29.1 Å². The first kappa shape index (κ1) is 22.6. The normalized spacial score (nSPS) is 26.5. The number of hydrogen-bond donors (Lipinski definition) is 0. The number of nitrogens with zero attached hydrogens (tertiary/aromatic N) is 1. The fourth-order valence-corrected chi connectivity index (χ4v) is 5.29. The molecule has 3 nitrogen and oxygen atoms in total. The van der Waals surface area contributed by atoms with Crippen LogP contribution in [-0.4, -0.2) is 12.1 Å². The van der Waals surface area contributed by atoms with Crippen molar-refractivity contribution in [3.05, 3.63) is 48.0 Å². The Labute approximate surface area is 182 Å². The zero-order valence-electron chi connectivity index (χ0n) is 18.4. The van der Waals surface area contributed by atoms with Crippen LogP contribution in [0.5, 0.6) is 0 Å². The summed E-state index contributed by atoms with van der Waals surface area (Å²) in [6, 6.07) is 10.3. The van der Waals surface area contributed by atoms with Crippen molar-refractivity contribution in [3.8, 4) is 6.07 Å². The minimum absolute atomic E-state index is 0.121. The van der Waals surface area contributed by atoms with Crippen LogP contribution < -0.4 is 0 Å². The van der Waals surface area contributed by atoms with Gasteiger partial charge in [-0.25, -0.2) is 0 Å². The van der Waals surface area contributed by atoms with E-state index in [-0.39, 0.29) is 12.1 Å². The van der Waals surface area contributed by atoms with Crippen LogP contribution >= 0.6 is 0 Å². The molecule has 0 spiro atoms. The topological polar surface area (TPSA) is 50.1 Å². The third kappa shape index (κ3) is 7.31. The first-order valence-electron chi connectivity index (χ1n) is 12.0. The first-order valence-corrected chi connectivity index (χ1v) is 12.0. The van der Waals surface area contributed by atoms with Crippen molar-refractivity contribution in [2.45, 2.75) is 89.6 Å². The van der Waals surface area contributed by atoms with Gasteiger partial charge in [-0.3, -0.25) is 4.79 Å². The summed E-state index contributed by atoms with van der Waals surface area (Å²) in [5, 5.41) is 8.90. The molecule has 0 aliphatic heterocycles. The molecule has 0 N–H and O–H groups in total. The van der Waals surface area contributed by atoms with Crippen molar-refractivity contribution in [1.82, 2.24) is 0 Å². The van der Waals surface area contributed by atoms with E-state index in [4.69, 9.17) is 10.00 Å². The van der Waals surface area contributed by atoms with Gasteiger partial charge in [0.05, 0.1) is 18.1 Å². The van der Waals surface area contributed by atoms with Gasteiger partial charge in [0.15, 0.2) is 0 Å². The number of nitriles is 1. The predicted octanol–water partition coefficient (Wildman–Crippen LogP) is 6.76. The maximum absolute atomic E-state index is 11.6. The highest BCUT2D eigenvalue weighted by Crippen LogP contribution is 2.37. The van der Waals surface area contributed by atoms with E-state index in [2.05, 4.69) is 24.8 Å². The number of benzene rings is 1. The van der Waals surface area contributed by atoms with Crippen molar-refractivity contribution < 1.29 is 9.53 Å². The zero-order chi connectivity index (χ0) is 21.2. The van der Waals surface area contributed by atoms with Crippen LogP contribution in [0.25, 0.3) is 0 Å². The van der Waals surface area contributed by atoms with Gasteiger partial charge in [-0.2, -0.15) is 5.26 Å². The molecular formula is C27H37NO2. The van der Waals surface area contributed by atoms with Gasteiger partial charge in [-0.15, -0.1) is 6.58 Å². The van der Waals surface area contributed by atoms with Crippen molar-refractivity contribution in [2.24, 2.45) is 17.8 Å². The molecule has 0 unspecified atom stereocenters. The summed E-state index contributed by atoms with van der Waals surface area (Å²) >= 11 is 0. The number of carbonyl (C=O) groups is 1. The van der Waals surface area contributed by atoms with Crippen LogP contribution in [0.3, 0.4) is 0 Å². The number of carbonyl (C=O) groups excluding carboxylic acids is 1. The number of hydrogen-bond acceptors (Lipinski definition) is 3. The second kappa shape index (κ2) is 11.9. The molecule has 0 radical (unpaired) electrons. The Morgan fingerprint density at radius 1 is 0.933 bits per heavy atom. The minimum atomic E-state index is -0.121. The highest BCUT2D eigenvalue weighted by atomic mass is 16.5. The lowest BCUT2D eigenvalue weighted by molar-refractivity contribution is -0.149. The van der Waals surface area contributed by atoms with Crippen LogP contribution in [0.15, 0.2) is 36.9 Å². The Bertz CT molecular complexity index is 701. The largest absolute Gasteiger partial charge is 0.462 e. The van der Waals surface area contributed by atoms with Crippen molar-refractivity contribution >= 4 is 5.97 Å². The Morgan fingerprint density at radius 2 is 1.47 bits per heavy atom. The SMILES string of the molecule is C=CCC(=O)OC1CCC(CCC2CCC(CCc3ccc(C#N)cc3)CC2)CC1. The number of rotatable bonds is 9. The average molecular weight is 408 g/mol. The van der Waals surface area contributed by atoms with Crippen molar-refractivity contribution in [2.75, 3.05) is 0 Å². The standard InChI is InChI=1S/C27H37NO2/c1-2-3-27(29)30-26-18-16-24(17-19-26)11-10-22-6-4-21(5-7-22)8-9-23-12-14-25(20-28)15-13-23/h2,12-15,21-22,24,26H,1,3-11,16-19H2. The molecule has 2 aliphatic rings. The lowest BCUT2D eigenvalue weighted by Crippen LogP contribution is -2.24. The molecule has 0 bridgehead atoms. The average Bonchev–Trinajstić information content (AvgIpc) is 2.78. The molecule has 2 fully saturated rings. The van der Waals surface area contributed by atoms with Crippen molar-refractivity contribution in [3.63, 3.8) is 0 Å². The second-order valence-corrected chi connectivity index (χ2v) is 9.44. The maximum Gasteiger partial charge on any atom is 0.309 e. The summed E-state index contributed by atoms with van der Waals surface area (Å²) < 4.78 is 5.53. The van der Waals surface area contributed by atoms with E-state index in [1.165, 1.54) is 63.4 Å².